The van der Waals surface area contributed by atoms with Crippen LogP contribution in [0.25, 0.3) is 11.0 Å². The first-order valence-electron chi connectivity index (χ1n) is 14.1. The van der Waals surface area contributed by atoms with Crippen LogP contribution in [0.2, 0.25) is 0 Å². The third-order valence-electron chi connectivity index (χ3n) is 8.00. The van der Waals surface area contributed by atoms with Gasteiger partial charge in [0.15, 0.2) is 6.17 Å². The van der Waals surface area contributed by atoms with Gasteiger partial charge in [-0.2, -0.15) is 4.68 Å². The molecule has 1 aliphatic heterocycles. The molecule has 0 spiro atoms. The van der Waals surface area contributed by atoms with Crippen LogP contribution in [0.1, 0.15) is 23.1 Å². The Balaban J connectivity index is 0.00000353. The Kier molecular flexibility index (Phi) is 9.62. The molecule has 9 nitrogen and oxygen atoms in total. The molecule has 42 heavy (non-hydrogen) atoms. The second-order valence-electron chi connectivity index (χ2n) is 10.8. The van der Waals surface area contributed by atoms with Gasteiger partial charge in [-0.15, -0.1) is 12.1 Å². The van der Waals surface area contributed by atoms with Gasteiger partial charge in [-0.05, 0) is 60.7 Å². The predicted octanol–water partition coefficient (Wildman–Crippen LogP) is 4.10. The molecule has 1 saturated heterocycles. The van der Waals surface area contributed by atoms with Gasteiger partial charge in [-0.25, -0.2) is 0 Å². The van der Waals surface area contributed by atoms with Crippen molar-refractivity contribution in [1.82, 2.24) is 34.8 Å². The van der Waals surface area contributed by atoms with Gasteiger partial charge in [-0.1, -0.05) is 29.5 Å². The first kappa shape index (κ1) is 29.8. The minimum atomic E-state index is -0.241. The summed E-state index contributed by atoms with van der Waals surface area (Å²) in [7, 11) is 4.92. The van der Waals surface area contributed by atoms with E-state index in [0.29, 0.717) is 4.48 Å². The van der Waals surface area contributed by atoms with Gasteiger partial charge >= 0.3 is 17.1 Å². The van der Waals surface area contributed by atoms with Crippen molar-refractivity contribution in [1.29, 1.82) is 0 Å². The summed E-state index contributed by atoms with van der Waals surface area (Å²) >= 11 is 0. The van der Waals surface area contributed by atoms with Crippen LogP contribution in [-0.4, -0.2) is 83.6 Å². The van der Waals surface area contributed by atoms with Gasteiger partial charge in [0, 0.05) is 57.2 Å². The maximum Gasteiger partial charge on any atom is 2.00 e. The molecule has 216 valence electrons. The fourth-order valence-electron chi connectivity index (χ4n) is 5.71. The Labute approximate surface area is 257 Å². The Bertz CT molecular complexity index is 1490. The maximum absolute atomic E-state index is 10.1. The normalized spacial score (nSPS) is 17.1. The predicted molar refractivity (Wildman–Crippen MR) is 158 cm³/mol. The van der Waals surface area contributed by atoms with Crippen molar-refractivity contribution >= 4 is 11.0 Å². The molecule has 0 bridgehead atoms. The Hall–Kier alpha value is -3.66. The van der Waals surface area contributed by atoms with Crippen molar-refractivity contribution in [2.75, 3.05) is 39.3 Å². The molecular formula is C32H36FeN8O+2. The van der Waals surface area contributed by atoms with E-state index in [-0.39, 0.29) is 29.0 Å². The average molecular weight is 605 g/mol. The molecule has 1 aliphatic rings. The number of quaternary nitrogens is 1. The molecule has 0 saturated carbocycles. The van der Waals surface area contributed by atoms with Crippen molar-refractivity contribution in [3.63, 3.8) is 0 Å². The molecule has 4 heterocycles. The molecule has 3 aromatic heterocycles. The molecule has 1 unspecified atom stereocenters. The minimum Gasteiger partial charge on any atom is -0.508 e. The van der Waals surface area contributed by atoms with E-state index >= 15 is 0 Å². The topological polar surface area (TPSA) is 83.2 Å². The van der Waals surface area contributed by atoms with Gasteiger partial charge in [-0.3, -0.25) is 19.8 Å². The van der Waals surface area contributed by atoms with E-state index in [1.54, 1.807) is 12.1 Å². The number of para-hydroxylation sites is 1. The summed E-state index contributed by atoms with van der Waals surface area (Å²) in [6.45, 7) is 6.66. The van der Waals surface area contributed by atoms with Crippen molar-refractivity contribution < 1.29 is 26.7 Å². The zero-order chi connectivity index (χ0) is 28.1. The maximum atomic E-state index is 10.1. The summed E-state index contributed by atoms with van der Waals surface area (Å²) in [5.74, 6) is 0.235. The van der Waals surface area contributed by atoms with Crippen molar-refractivity contribution in [2.45, 2.75) is 19.3 Å². The SMILES string of the molecule is [CH2-][N+]1(C(c2ccc(O)cc2)n2nnc3ccccc32)CCN(Cc2ccccn2)CCN(Cc2ccccn2)CC1.[Fe+2]. The molecular weight excluding hydrogens is 568 g/mol. The molecule has 0 aliphatic carbocycles. The summed E-state index contributed by atoms with van der Waals surface area (Å²) < 4.78 is 2.48. The number of pyridine rings is 2. The number of hydrogen-bond donors (Lipinski definition) is 1. The second-order valence-corrected chi connectivity index (χ2v) is 10.8. The van der Waals surface area contributed by atoms with E-state index < -0.39 is 0 Å². The van der Waals surface area contributed by atoms with Gasteiger partial charge in [0.2, 0.25) is 0 Å². The summed E-state index contributed by atoms with van der Waals surface area (Å²) in [6.07, 6.45) is 3.48. The summed E-state index contributed by atoms with van der Waals surface area (Å²) in [6, 6.07) is 27.7. The van der Waals surface area contributed by atoms with E-state index in [1.807, 2.05) is 71.7 Å². The zero-order valence-electron chi connectivity index (χ0n) is 23.6. The van der Waals surface area contributed by atoms with Crippen LogP contribution in [0.15, 0.2) is 97.3 Å². The first-order chi connectivity index (χ1) is 20.1. The number of benzene rings is 2. The molecule has 10 heteroatoms. The number of aromatic nitrogens is 5. The number of hydrogen-bond acceptors (Lipinski definition) is 7. The van der Waals surface area contributed by atoms with Gasteiger partial charge < -0.3 is 9.59 Å². The monoisotopic (exact) mass is 604 g/mol. The molecule has 0 radical (unpaired) electrons. The van der Waals surface area contributed by atoms with E-state index in [2.05, 4.69) is 48.3 Å². The average Bonchev–Trinajstić information content (AvgIpc) is 3.45. The second kappa shape index (κ2) is 13.5. The summed E-state index contributed by atoms with van der Waals surface area (Å²) in [4.78, 5) is 14.2. The van der Waals surface area contributed by atoms with Crippen LogP contribution in [0.4, 0.5) is 0 Å². The fourth-order valence-corrected chi connectivity index (χ4v) is 5.71. The molecule has 0 amide bonds. The van der Waals surface area contributed by atoms with Crippen LogP contribution >= 0.6 is 0 Å². The number of aromatic hydroxyl groups is 1. The van der Waals surface area contributed by atoms with Crippen molar-refractivity contribution in [3.05, 3.63) is 121 Å². The Morgan fingerprint density at radius 1 is 0.738 bits per heavy atom. The van der Waals surface area contributed by atoms with E-state index in [9.17, 15) is 5.11 Å². The van der Waals surface area contributed by atoms with E-state index in [1.165, 1.54) is 0 Å². The van der Waals surface area contributed by atoms with Crippen molar-refractivity contribution in [2.24, 2.45) is 0 Å². The van der Waals surface area contributed by atoms with Crippen LogP contribution in [0, 0.1) is 7.05 Å². The zero-order valence-corrected chi connectivity index (χ0v) is 24.7. The molecule has 1 fully saturated rings. The van der Waals surface area contributed by atoms with Crippen molar-refractivity contribution in [3.8, 4) is 5.75 Å². The molecule has 1 atom stereocenters. The first-order valence-corrected chi connectivity index (χ1v) is 14.1. The molecule has 1 N–H and O–H groups in total. The van der Waals surface area contributed by atoms with Gasteiger partial charge in [0.1, 0.15) is 11.3 Å². The smallest absolute Gasteiger partial charge is 0.508 e. The summed E-state index contributed by atoms with van der Waals surface area (Å²) in [5, 5.41) is 19.3. The van der Waals surface area contributed by atoms with Crippen LogP contribution in [0.5, 0.6) is 5.75 Å². The van der Waals surface area contributed by atoms with Gasteiger partial charge in [0.05, 0.1) is 30.0 Å². The molecule has 2 aromatic carbocycles. The number of phenols is 1. The Morgan fingerprint density at radius 2 is 1.31 bits per heavy atom. The molecule has 6 rings (SSSR count). The molecule has 5 aromatic rings. The number of nitrogens with zero attached hydrogens (tertiary/aromatic N) is 8. The van der Waals surface area contributed by atoms with Crippen LogP contribution < -0.4 is 0 Å². The van der Waals surface area contributed by atoms with Crippen LogP contribution in [-0.2, 0) is 30.2 Å². The van der Waals surface area contributed by atoms with E-state index in [4.69, 9.17) is 7.05 Å². The largest absolute Gasteiger partial charge is 2.00 e. The standard InChI is InChI=1S/C32H36N8O.Fe/c1-40(32(26-12-14-29(41)15-13-26)39-31-11-3-2-10-30(31)35-36-39)22-20-37(24-27-8-4-6-16-33-27)18-19-38(21-23-40)25-28-9-5-7-17-34-28;/h2-17,32,41H,1,18-25H2;/q;+2. The quantitative estimate of drug-likeness (QED) is 0.170. The number of rotatable bonds is 7. The Morgan fingerprint density at radius 3 is 1.88 bits per heavy atom. The number of phenolic OH excluding ortho intramolecular Hbond substituents is 1. The third kappa shape index (κ3) is 6.86. The number of fused-ring (bicyclic) bond motifs is 1. The third-order valence-corrected chi connectivity index (χ3v) is 8.00. The minimum absolute atomic E-state index is 0. The fraction of sp³-hybridized carbons (Fsp3) is 0.281. The summed E-state index contributed by atoms with van der Waals surface area (Å²) in [5.41, 5.74) is 4.95. The van der Waals surface area contributed by atoms with Gasteiger partial charge in [0.25, 0.3) is 0 Å². The van der Waals surface area contributed by atoms with Crippen LogP contribution in [0.3, 0.4) is 0 Å². The van der Waals surface area contributed by atoms with E-state index in [0.717, 1.165) is 80.3 Å².